The van der Waals surface area contributed by atoms with Crippen molar-refractivity contribution >= 4 is 17.4 Å². The van der Waals surface area contributed by atoms with E-state index in [2.05, 4.69) is 14.7 Å². The van der Waals surface area contributed by atoms with Crippen molar-refractivity contribution in [2.24, 2.45) is 0 Å². The van der Waals surface area contributed by atoms with Gasteiger partial charge in [0.05, 0.1) is 0 Å². The zero-order valence-corrected chi connectivity index (χ0v) is 7.55. The van der Waals surface area contributed by atoms with Gasteiger partial charge in [-0.05, 0) is 5.04 Å². The first-order valence-electron chi connectivity index (χ1n) is 1.38. The normalized spacial score (nSPS) is 7.22. The van der Waals surface area contributed by atoms with Crippen LogP contribution >= 0.6 is 0 Å². The van der Waals surface area contributed by atoms with Crippen LogP contribution in [0.25, 0.3) is 0 Å². The Balaban J connectivity index is 0. The van der Waals surface area contributed by atoms with Gasteiger partial charge >= 0.3 is 17.4 Å². The second-order valence-corrected chi connectivity index (χ2v) is 3.40. The van der Waals surface area contributed by atoms with Crippen LogP contribution in [0, 0.1) is 0 Å². The molecule has 1 radical (unpaired) electrons. The first-order valence-corrected chi connectivity index (χ1v) is 4.60. The van der Waals surface area contributed by atoms with Crippen molar-refractivity contribution in [3.05, 3.63) is 0 Å². The van der Waals surface area contributed by atoms with Crippen molar-refractivity contribution in [1.29, 1.82) is 0 Å². The molecule has 0 aromatic heterocycles. The number of hydrogen-bond acceptors (Lipinski definition) is 6. The second kappa shape index (κ2) is 8.43. The minimum Gasteiger partial charge on any atom is -0.376 e. The molecular formula is HO6Si2Ti. The molecule has 0 bridgehead atoms. The van der Waals surface area contributed by atoms with Crippen LogP contribution in [0.4, 0.5) is 0 Å². The van der Waals surface area contributed by atoms with Crippen molar-refractivity contribution in [2.45, 2.75) is 0 Å². The van der Waals surface area contributed by atoms with Crippen LogP contribution in [0.15, 0.2) is 0 Å². The monoisotopic (exact) mass is 201 g/mol. The van der Waals surface area contributed by atoms with Gasteiger partial charge in [-0.1, -0.05) is 0 Å². The van der Waals surface area contributed by atoms with E-state index in [1.165, 1.54) is 0 Å². The molecule has 0 amide bonds. The van der Waals surface area contributed by atoms with Crippen LogP contribution in [0.3, 0.4) is 0 Å². The molecule has 0 rings (SSSR count). The Morgan fingerprint density at radius 2 is 2.11 bits per heavy atom. The zero-order valence-electron chi connectivity index (χ0n) is 3.99. The van der Waals surface area contributed by atoms with Crippen LogP contribution in [-0.4, -0.2) is 22.6 Å². The average molecular weight is 201 g/mol. The fourth-order valence-corrected chi connectivity index (χ4v) is 0.393. The number of hydrogen-bond donors (Lipinski definition) is 1. The molecule has 0 heterocycles. The van der Waals surface area contributed by atoms with Crippen molar-refractivity contribution in [1.82, 2.24) is 0 Å². The molecule has 0 aliphatic rings. The molecule has 0 spiro atoms. The van der Waals surface area contributed by atoms with E-state index in [1.54, 1.807) is 0 Å². The summed E-state index contributed by atoms with van der Waals surface area (Å²) in [4.78, 5) is 0. The van der Waals surface area contributed by atoms with Gasteiger partial charge in [-0.25, -0.2) is 5.26 Å². The molecule has 9 heteroatoms. The summed E-state index contributed by atoms with van der Waals surface area (Å²) < 4.78 is 23.1. The molecule has 6 nitrogen and oxygen atoms in total. The summed E-state index contributed by atoms with van der Waals surface area (Å²) in [6, 6.07) is 0. The molecule has 49 valence electrons. The summed E-state index contributed by atoms with van der Waals surface area (Å²) in [7, 11) is -3.78. The van der Waals surface area contributed by atoms with Gasteiger partial charge in [-0.15, -0.1) is 0 Å². The van der Waals surface area contributed by atoms with Crippen molar-refractivity contribution in [3.63, 3.8) is 0 Å². The van der Waals surface area contributed by atoms with E-state index in [0.29, 0.717) is 0 Å². The third-order valence-corrected chi connectivity index (χ3v) is 1.36. The summed E-state index contributed by atoms with van der Waals surface area (Å²) in [6.07, 6.45) is 0. The average Bonchev–Trinajstić information content (AvgIpc) is 1.83. The van der Waals surface area contributed by atoms with E-state index in [4.69, 9.17) is 5.26 Å². The first kappa shape index (κ1) is 12.1. The summed E-state index contributed by atoms with van der Waals surface area (Å²) >= 11 is 0. The van der Waals surface area contributed by atoms with E-state index in [0.717, 1.165) is 0 Å². The Morgan fingerprint density at radius 3 is 2.44 bits per heavy atom. The third-order valence-electron chi connectivity index (χ3n) is 0.223. The molecule has 0 fully saturated rings. The Hall–Kier alpha value is 0.428. The SMILES string of the molecule is O=[Si][Si](=O)OOOO.[Ti]. The summed E-state index contributed by atoms with van der Waals surface area (Å²) in [5.41, 5.74) is 0. The van der Waals surface area contributed by atoms with Crippen molar-refractivity contribution in [2.75, 3.05) is 0 Å². The predicted octanol–water partition coefficient (Wildman–Crippen LogP) is -1.20. The van der Waals surface area contributed by atoms with Crippen LogP contribution in [-0.2, 0) is 45.3 Å². The van der Waals surface area contributed by atoms with Gasteiger partial charge in [0, 0.05) is 26.8 Å². The van der Waals surface area contributed by atoms with Crippen LogP contribution in [0.1, 0.15) is 0 Å². The number of rotatable bonds is 4. The molecule has 1 N–H and O–H groups in total. The molecule has 9 heavy (non-hydrogen) atoms. The fraction of sp³-hybridized carbons (Fsp3) is 0. The summed E-state index contributed by atoms with van der Waals surface area (Å²) in [5.74, 6) is 0. The van der Waals surface area contributed by atoms with Crippen LogP contribution < -0.4 is 0 Å². The first-order chi connectivity index (χ1) is 3.81. The smallest absolute Gasteiger partial charge is 0.376 e. The summed E-state index contributed by atoms with van der Waals surface area (Å²) in [5, 5.41) is 13.5. The standard InChI is InChI=1S/HO6Si2.Ti/c1-4-5-6-8(3)7-2;/h1H;. The topological polar surface area (TPSA) is 82.1 Å². The Bertz CT molecular complexity index is 91.1. The minimum absolute atomic E-state index is 0. The predicted molar refractivity (Wildman–Crippen MR) is 18.8 cm³/mol. The van der Waals surface area contributed by atoms with Crippen LogP contribution in [0.2, 0.25) is 0 Å². The fourth-order valence-electron chi connectivity index (χ4n) is 0.0631. The second-order valence-electron chi connectivity index (χ2n) is 0.615. The van der Waals surface area contributed by atoms with E-state index >= 15 is 0 Å². The van der Waals surface area contributed by atoms with Gasteiger partial charge in [-0.2, -0.15) is 0 Å². The molecule has 0 atom stereocenters. The molecule has 0 saturated heterocycles. The maximum Gasteiger partial charge on any atom is 0.584 e. The molecule has 0 unspecified atom stereocenters. The van der Waals surface area contributed by atoms with Gasteiger partial charge in [0.25, 0.3) is 0 Å². The Kier molecular flexibility index (Phi) is 11.4. The quantitative estimate of drug-likeness (QED) is 0.349. The van der Waals surface area contributed by atoms with Crippen molar-refractivity contribution < 1.29 is 50.6 Å². The Labute approximate surface area is 68.2 Å². The maximum absolute atomic E-state index is 9.92. The van der Waals surface area contributed by atoms with E-state index in [1.807, 2.05) is 0 Å². The van der Waals surface area contributed by atoms with E-state index < -0.39 is 17.4 Å². The molecule has 0 aromatic rings. The molecular weight excluding hydrogens is 200 g/mol. The third kappa shape index (κ3) is 8.43. The molecule has 0 aliphatic heterocycles. The zero-order chi connectivity index (χ0) is 6.41. The van der Waals surface area contributed by atoms with Gasteiger partial charge in [0.1, 0.15) is 0 Å². The molecule has 0 aromatic carbocycles. The van der Waals surface area contributed by atoms with E-state index in [-0.39, 0.29) is 21.7 Å². The summed E-state index contributed by atoms with van der Waals surface area (Å²) in [6.45, 7) is 0. The largest absolute Gasteiger partial charge is 0.584 e. The molecule has 0 aliphatic carbocycles. The van der Waals surface area contributed by atoms with Crippen molar-refractivity contribution in [3.8, 4) is 0 Å². The Morgan fingerprint density at radius 1 is 1.56 bits per heavy atom. The molecule has 0 saturated carbocycles. The van der Waals surface area contributed by atoms with E-state index in [9.17, 15) is 8.92 Å². The van der Waals surface area contributed by atoms with Crippen LogP contribution in [0.5, 0.6) is 0 Å². The van der Waals surface area contributed by atoms with Gasteiger partial charge in [0.15, 0.2) is 0 Å². The van der Waals surface area contributed by atoms with Gasteiger partial charge in [0.2, 0.25) is 0 Å². The van der Waals surface area contributed by atoms with Gasteiger partial charge in [-0.3, -0.25) is 0 Å². The minimum atomic E-state index is -2.68. The maximum atomic E-state index is 9.92. The van der Waals surface area contributed by atoms with Gasteiger partial charge < -0.3 is 13.5 Å².